The number of carbonyl (C=O) groups excluding carboxylic acids is 1. The normalized spacial score (nSPS) is 16.0. The minimum absolute atomic E-state index is 0.0495. The lowest BCUT2D eigenvalue weighted by atomic mass is 10.2. The van der Waals surface area contributed by atoms with Crippen molar-refractivity contribution in [3.63, 3.8) is 0 Å². The third-order valence-electron chi connectivity index (χ3n) is 3.47. The Kier molecular flexibility index (Phi) is 4.81. The van der Waals surface area contributed by atoms with Crippen LogP contribution in [-0.2, 0) is 14.8 Å². The first-order valence-corrected chi connectivity index (χ1v) is 9.42. The number of anilines is 1. The second kappa shape index (κ2) is 6.85. The van der Waals surface area contributed by atoms with Crippen LogP contribution in [0.3, 0.4) is 0 Å². The fourth-order valence-electron chi connectivity index (χ4n) is 2.24. The van der Waals surface area contributed by atoms with Crippen molar-refractivity contribution in [2.45, 2.75) is 4.90 Å². The van der Waals surface area contributed by atoms with Crippen molar-refractivity contribution in [3.8, 4) is 5.75 Å². The van der Waals surface area contributed by atoms with Crippen LogP contribution < -0.4 is 5.32 Å². The van der Waals surface area contributed by atoms with Crippen molar-refractivity contribution < 1.29 is 23.1 Å². The quantitative estimate of drug-likeness (QED) is 0.836. The maximum absolute atomic E-state index is 12.6. The Bertz CT molecular complexity index is 830. The summed E-state index contributed by atoms with van der Waals surface area (Å²) >= 11 is 1.22. The van der Waals surface area contributed by atoms with Gasteiger partial charge < -0.3 is 9.84 Å². The molecule has 0 aliphatic carbocycles. The average molecular weight is 369 g/mol. The molecule has 1 fully saturated rings. The van der Waals surface area contributed by atoms with E-state index in [4.69, 9.17) is 4.74 Å². The molecular formula is C14H15N3O5S2. The number of morpholine rings is 1. The molecule has 0 spiro atoms. The molecule has 2 heterocycles. The predicted octanol–water partition coefficient (Wildman–Crippen LogP) is 1.12. The first-order chi connectivity index (χ1) is 11.5. The van der Waals surface area contributed by atoms with E-state index in [0.29, 0.717) is 18.3 Å². The maximum atomic E-state index is 12.6. The monoisotopic (exact) mass is 369 g/mol. The van der Waals surface area contributed by atoms with Gasteiger partial charge in [-0.2, -0.15) is 4.31 Å². The summed E-state index contributed by atoms with van der Waals surface area (Å²) in [5, 5.41) is 14.5. The van der Waals surface area contributed by atoms with E-state index >= 15 is 0 Å². The lowest BCUT2D eigenvalue weighted by molar-refractivity contribution is 0.0730. The Hall–Kier alpha value is -2.01. The maximum Gasteiger partial charge on any atom is 0.261 e. The molecule has 3 rings (SSSR count). The number of benzene rings is 1. The van der Waals surface area contributed by atoms with Gasteiger partial charge in [-0.15, -0.1) is 11.3 Å². The number of thiazole rings is 1. The molecule has 128 valence electrons. The van der Waals surface area contributed by atoms with Crippen LogP contribution >= 0.6 is 11.3 Å². The second-order valence-corrected chi connectivity index (χ2v) is 7.82. The highest BCUT2D eigenvalue weighted by atomic mass is 32.2. The summed E-state index contributed by atoms with van der Waals surface area (Å²) in [5.41, 5.74) is -0.125. The van der Waals surface area contributed by atoms with E-state index < -0.39 is 15.9 Å². The van der Waals surface area contributed by atoms with Crippen LogP contribution in [-0.4, -0.2) is 55.0 Å². The van der Waals surface area contributed by atoms with Crippen molar-refractivity contribution in [2.75, 3.05) is 31.6 Å². The van der Waals surface area contributed by atoms with Crippen LogP contribution in [0.5, 0.6) is 5.75 Å². The Morgan fingerprint density at radius 3 is 2.75 bits per heavy atom. The summed E-state index contributed by atoms with van der Waals surface area (Å²) in [7, 11) is -3.75. The third kappa shape index (κ3) is 3.41. The van der Waals surface area contributed by atoms with Gasteiger partial charge in [0.05, 0.1) is 23.7 Å². The molecule has 0 bridgehead atoms. The van der Waals surface area contributed by atoms with E-state index in [0.717, 1.165) is 0 Å². The molecule has 2 aromatic rings. The van der Waals surface area contributed by atoms with Crippen molar-refractivity contribution in [1.82, 2.24) is 9.29 Å². The van der Waals surface area contributed by atoms with Gasteiger partial charge in [-0.1, -0.05) is 0 Å². The smallest absolute Gasteiger partial charge is 0.261 e. The molecule has 1 aromatic heterocycles. The third-order valence-corrected chi connectivity index (χ3v) is 6.06. The van der Waals surface area contributed by atoms with Gasteiger partial charge in [-0.05, 0) is 18.2 Å². The fraction of sp³-hybridized carbons (Fsp3) is 0.286. The minimum Gasteiger partial charge on any atom is -0.507 e. The molecular weight excluding hydrogens is 354 g/mol. The molecule has 0 radical (unpaired) electrons. The van der Waals surface area contributed by atoms with Crippen LogP contribution in [0.25, 0.3) is 0 Å². The summed E-state index contributed by atoms with van der Waals surface area (Å²) < 4.78 is 31.7. The number of nitrogens with one attached hydrogen (secondary N) is 1. The Morgan fingerprint density at radius 2 is 2.08 bits per heavy atom. The van der Waals surface area contributed by atoms with E-state index in [1.807, 2.05) is 0 Å². The molecule has 2 N–H and O–H groups in total. The molecule has 0 atom stereocenters. The van der Waals surface area contributed by atoms with E-state index in [1.54, 1.807) is 5.38 Å². The molecule has 1 amide bonds. The number of ether oxygens (including phenoxy) is 1. The first-order valence-electron chi connectivity index (χ1n) is 7.10. The van der Waals surface area contributed by atoms with Gasteiger partial charge in [-0.3, -0.25) is 10.1 Å². The van der Waals surface area contributed by atoms with Gasteiger partial charge in [-0.25, -0.2) is 13.4 Å². The van der Waals surface area contributed by atoms with Crippen molar-refractivity contribution in [2.24, 2.45) is 0 Å². The predicted molar refractivity (Wildman–Crippen MR) is 87.8 cm³/mol. The largest absolute Gasteiger partial charge is 0.507 e. The van der Waals surface area contributed by atoms with Gasteiger partial charge in [0.15, 0.2) is 5.13 Å². The number of aromatic nitrogens is 1. The zero-order valence-electron chi connectivity index (χ0n) is 12.5. The lowest BCUT2D eigenvalue weighted by Crippen LogP contribution is -2.40. The summed E-state index contributed by atoms with van der Waals surface area (Å²) in [4.78, 5) is 16.1. The topological polar surface area (TPSA) is 109 Å². The first kappa shape index (κ1) is 16.8. The standard InChI is InChI=1S/C14H15N3O5S2/c18-12-2-1-10(24(20,21)17-4-6-22-7-5-17)9-11(12)13(19)16-14-15-3-8-23-14/h1-3,8-9,18H,4-7H2,(H,15,16,19). The molecule has 0 unspecified atom stereocenters. The molecule has 10 heteroatoms. The number of sulfonamides is 1. The fourth-order valence-corrected chi connectivity index (χ4v) is 4.20. The molecule has 1 saturated heterocycles. The van der Waals surface area contributed by atoms with E-state index in [9.17, 15) is 18.3 Å². The summed E-state index contributed by atoms with van der Waals surface area (Å²) in [5.74, 6) is -0.925. The van der Waals surface area contributed by atoms with Crippen LogP contribution in [0.15, 0.2) is 34.7 Å². The van der Waals surface area contributed by atoms with Gasteiger partial charge in [0.1, 0.15) is 5.75 Å². The SMILES string of the molecule is O=C(Nc1nccs1)c1cc(S(=O)(=O)N2CCOCC2)ccc1O. The van der Waals surface area contributed by atoms with Gasteiger partial charge in [0.25, 0.3) is 5.91 Å². The van der Waals surface area contributed by atoms with Crippen LogP contribution in [0.1, 0.15) is 10.4 Å². The number of carbonyl (C=O) groups is 1. The van der Waals surface area contributed by atoms with E-state index in [-0.39, 0.29) is 29.3 Å². The number of aromatic hydroxyl groups is 1. The molecule has 0 saturated carbocycles. The van der Waals surface area contributed by atoms with Crippen molar-refractivity contribution >= 4 is 32.4 Å². The second-order valence-electron chi connectivity index (χ2n) is 4.99. The number of amides is 1. The average Bonchev–Trinajstić information content (AvgIpc) is 3.08. The lowest BCUT2D eigenvalue weighted by Gasteiger charge is -2.26. The molecule has 8 nitrogen and oxygen atoms in total. The van der Waals surface area contributed by atoms with Gasteiger partial charge in [0.2, 0.25) is 10.0 Å². The molecule has 1 aliphatic heterocycles. The number of hydrogen-bond donors (Lipinski definition) is 2. The Balaban J connectivity index is 1.89. The Labute approximate surface area is 142 Å². The van der Waals surface area contributed by atoms with E-state index in [2.05, 4.69) is 10.3 Å². The van der Waals surface area contributed by atoms with Crippen LogP contribution in [0, 0.1) is 0 Å². The number of hydrogen-bond acceptors (Lipinski definition) is 7. The number of phenols is 1. The van der Waals surface area contributed by atoms with Crippen molar-refractivity contribution in [1.29, 1.82) is 0 Å². The van der Waals surface area contributed by atoms with Crippen molar-refractivity contribution in [3.05, 3.63) is 35.3 Å². The Morgan fingerprint density at radius 1 is 1.33 bits per heavy atom. The number of rotatable bonds is 4. The highest BCUT2D eigenvalue weighted by molar-refractivity contribution is 7.89. The number of phenolic OH excluding ortho intramolecular Hbond substituents is 1. The highest BCUT2D eigenvalue weighted by Gasteiger charge is 2.27. The molecule has 1 aliphatic rings. The number of nitrogens with zero attached hydrogens (tertiary/aromatic N) is 2. The van der Waals surface area contributed by atoms with Gasteiger partial charge >= 0.3 is 0 Å². The highest BCUT2D eigenvalue weighted by Crippen LogP contribution is 2.25. The summed E-state index contributed by atoms with van der Waals surface area (Å²) in [6.45, 7) is 1.16. The van der Waals surface area contributed by atoms with Crippen LogP contribution in [0.2, 0.25) is 0 Å². The summed E-state index contributed by atoms with van der Waals surface area (Å²) in [6, 6.07) is 3.65. The minimum atomic E-state index is -3.75. The zero-order valence-corrected chi connectivity index (χ0v) is 14.1. The zero-order chi connectivity index (χ0) is 17.2. The van der Waals surface area contributed by atoms with Crippen LogP contribution in [0.4, 0.5) is 5.13 Å². The molecule has 24 heavy (non-hydrogen) atoms. The summed E-state index contributed by atoms with van der Waals surface area (Å²) in [6.07, 6.45) is 1.53. The molecule has 1 aromatic carbocycles. The van der Waals surface area contributed by atoms with E-state index in [1.165, 1.54) is 40.0 Å². The van der Waals surface area contributed by atoms with Gasteiger partial charge in [0, 0.05) is 24.7 Å².